The minimum absolute atomic E-state index is 0. The van der Waals surface area contributed by atoms with Gasteiger partial charge in [-0.2, -0.15) is 0 Å². The van der Waals surface area contributed by atoms with Gasteiger partial charge in [-0.25, -0.2) is 4.79 Å². The Morgan fingerprint density at radius 1 is 1.38 bits per heavy atom. The quantitative estimate of drug-likeness (QED) is 0.471. The summed E-state index contributed by atoms with van der Waals surface area (Å²) in [6, 6.07) is 0. The molecule has 0 rings (SSSR count). The molecule has 0 spiro atoms. The molecule has 0 aliphatic rings. The van der Waals surface area contributed by atoms with E-state index < -0.39 is 6.09 Å². The van der Waals surface area contributed by atoms with E-state index in [1.54, 1.807) is 0 Å². The first-order valence-corrected chi connectivity index (χ1v) is 1.18. The van der Waals surface area contributed by atoms with Gasteiger partial charge in [-0.1, -0.05) is 0 Å². The summed E-state index contributed by atoms with van der Waals surface area (Å²) >= 11 is 0. The van der Waals surface area contributed by atoms with Crippen LogP contribution < -0.4 is 5.32 Å². The van der Waals surface area contributed by atoms with Crippen molar-refractivity contribution in [3.8, 4) is 0 Å². The molecule has 0 heterocycles. The molecule has 0 aromatic rings. The van der Waals surface area contributed by atoms with Crippen molar-refractivity contribution < 1.29 is 9.90 Å². The van der Waals surface area contributed by atoms with Gasteiger partial charge in [0, 0.05) is 161 Å². The molecule has 0 aromatic carbocycles. The molecule has 0 bridgehead atoms. The minimum atomic E-state index is -0.995. The van der Waals surface area contributed by atoms with Crippen LogP contribution >= 0.6 is 0 Å². The molecular formula is C2H5K3NO2. The largest absolute Gasteiger partial charge is 0.465 e. The van der Waals surface area contributed by atoms with E-state index in [9.17, 15) is 4.79 Å². The van der Waals surface area contributed by atoms with Crippen molar-refractivity contribution in [3.05, 3.63) is 0 Å². The molecular weight excluding hydrogens is 187 g/mol. The minimum Gasteiger partial charge on any atom is -0.465 e. The van der Waals surface area contributed by atoms with Gasteiger partial charge in [0.1, 0.15) is 0 Å². The smallest absolute Gasteiger partial charge is 0.404 e. The molecule has 6 heteroatoms. The maximum Gasteiger partial charge on any atom is 0.404 e. The fraction of sp³-hybridized carbons (Fsp3) is 0.500. The molecule has 2 N–H and O–H groups in total. The molecule has 0 atom stereocenters. The van der Waals surface area contributed by atoms with E-state index in [1.165, 1.54) is 7.05 Å². The van der Waals surface area contributed by atoms with E-state index in [1.807, 2.05) is 5.32 Å². The summed E-state index contributed by atoms with van der Waals surface area (Å²) in [5.74, 6) is 0. The van der Waals surface area contributed by atoms with Crippen LogP contribution in [0.1, 0.15) is 0 Å². The van der Waals surface area contributed by atoms with E-state index in [2.05, 4.69) is 0 Å². The monoisotopic (exact) mass is 192 g/mol. The Hall–Kier alpha value is 4.18. The third-order valence-electron chi connectivity index (χ3n) is 0.214. The molecule has 8 heavy (non-hydrogen) atoms. The molecule has 3 radical (unpaired) electrons. The summed E-state index contributed by atoms with van der Waals surface area (Å²) in [4.78, 5) is 9.26. The van der Waals surface area contributed by atoms with Gasteiger partial charge in [-0.3, -0.25) is 0 Å². The molecule has 33 valence electrons. The van der Waals surface area contributed by atoms with E-state index in [4.69, 9.17) is 5.11 Å². The zero-order valence-electron chi connectivity index (χ0n) is 5.86. The Kier molecular flexibility index (Phi) is 49.2. The van der Waals surface area contributed by atoms with Crippen LogP contribution in [0.25, 0.3) is 0 Å². The van der Waals surface area contributed by atoms with Gasteiger partial charge in [0.25, 0.3) is 0 Å². The first kappa shape index (κ1) is 22.8. The Balaban J connectivity index is -0.0000000267. The van der Waals surface area contributed by atoms with Crippen LogP contribution in [0.2, 0.25) is 0 Å². The molecule has 3 nitrogen and oxygen atoms in total. The first-order valence-electron chi connectivity index (χ1n) is 1.18. The van der Waals surface area contributed by atoms with Gasteiger partial charge in [0.2, 0.25) is 0 Å². The van der Waals surface area contributed by atoms with Crippen LogP contribution in [0.5, 0.6) is 0 Å². The van der Waals surface area contributed by atoms with Crippen LogP contribution in [0, 0.1) is 0 Å². The molecule has 0 unspecified atom stereocenters. The molecule has 0 aliphatic heterocycles. The third-order valence-corrected chi connectivity index (χ3v) is 0.214. The topological polar surface area (TPSA) is 49.3 Å². The summed E-state index contributed by atoms with van der Waals surface area (Å²) in [7, 11) is 1.35. The number of hydrogen-bond acceptors (Lipinski definition) is 1. The summed E-state index contributed by atoms with van der Waals surface area (Å²) in [5.41, 5.74) is 0. The molecule has 1 amide bonds. The fourth-order valence-corrected chi connectivity index (χ4v) is 0. The van der Waals surface area contributed by atoms with Crippen LogP contribution in [-0.4, -0.2) is 172 Å². The van der Waals surface area contributed by atoms with Crippen LogP contribution in [0.4, 0.5) is 4.79 Å². The predicted octanol–water partition coefficient (Wildman–Crippen LogP) is -1.26. The molecule has 0 fully saturated rings. The number of nitrogens with one attached hydrogen (secondary N) is 1. The Bertz CT molecular complexity index is 50.5. The second kappa shape index (κ2) is 17.3. The van der Waals surface area contributed by atoms with Gasteiger partial charge in [-0.15, -0.1) is 0 Å². The van der Waals surface area contributed by atoms with Crippen molar-refractivity contribution in [1.29, 1.82) is 0 Å². The molecule has 0 saturated heterocycles. The third kappa shape index (κ3) is 22.5. The van der Waals surface area contributed by atoms with Crippen LogP contribution in [0.15, 0.2) is 0 Å². The number of amides is 1. The van der Waals surface area contributed by atoms with Gasteiger partial charge in [0.05, 0.1) is 0 Å². The number of carboxylic acid groups (broad SMARTS) is 1. The van der Waals surface area contributed by atoms with Crippen molar-refractivity contribution in [1.82, 2.24) is 5.32 Å². The Labute approximate surface area is 176 Å². The van der Waals surface area contributed by atoms with Gasteiger partial charge < -0.3 is 10.4 Å². The first-order chi connectivity index (χ1) is 2.27. The van der Waals surface area contributed by atoms with Crippen molar-refractivity contribution >= 4 is 160 Å². The van der Waals surface area contributed by atoms with Crippen LogP contribution in [-0.2, 0) is 0 Å². The van der Waals surface area contributed by atoms with Crippen molar-refractivity contribution in [2.24, 2.45) is 0 Å². The van der Waals surface area contributed by atoms with Crippen LogP contribution in [0.3, 0.4) is 0 Å². The van der Waals surface area contributed by atoms with Crippen molar-refractivity contribution in [2.75, 3.05) is 7.05 Å². The van der Waals surface area contributed by atoms with E-state index in [-0.39, 0.29) is 154 Å². The average Bonchev–Trinajstić information content (AvgIpc) is 1.38. The Morgan fingerprint density at radius 3 is 1.50 bits per heavy atom. The maximum atomic E-state index is 9.26. The summed E-state index contributed by atoms with van der Waals surface area (Å²) < 4.78 is 0. The number of rotatable bonds is 0. The average molecular weight is 192 g/mol. The van der Waals surface area contributed by atoms with Gasteiger partial charge in [0.15, 0.2) is 0 Å². The predicted molar refractivity (Wildman–Crippen MR) is 34.3 cm³/mol. The molecule has 0 aliphatic carbocycles. The van der Waals surface area contributed by atoms with E-state index in [0.29, 0.717) is 0 Å². The molecule has 0 saturated carbocycles. The maximum absolute atomic E-state index is 9.26. The van der Waals surface area contributed by atoms with Crippen molar-refractivity contribution in [3.63, 3.8) is 0 Å². The van der Waals surface area contributed by atoms with Gasteiger partial charge >= 0.3 is 6.09 Å². The van der Waals surface area contributed by atoms with E-state index >= 15 is 0 Å². The SMILES string of the molecule is CNC(=O)O.[K].[K].[K]. The Morgan fingerprint density at radius 2 is 1.50 bits per heavy atom. The zero-order chi connectivity index (χ0) is 4.28. The summed E-state index contributed by atoms with van der Waals surface area (Å²) in [5, 5.41) is 9.56. The number of hydrogen-bond donors (Lipinski definition) is 2. The number of carbonyl (C=O) groups is 1. The second-order valence-corrected chi connectivity index (χ2v) is 0.555. The van der Waals surface area contributed by atoms with E-state index in [0.717, 1.165) is 0 Å². The zero-order valence-corrected chi connectivity index (χ0v) is 15.2. The van der Waals surface area contributed by atoms with Gasteiger partial charge in [-0.05, 0) is 0 Å². The fourth-order valence-electron chi connectivity index (χ4n) is 0. The summed E-state index contributed by atoms with van der Waals surface area (Å²) in [6.45, 7) is 0. The van der Waals surface area contributed by atoms with Crippen molar-refractivity contribution in [2.45, 2.75) is 0 Å². The normalized spacial score (nSPS) is 4.12. The molecule has 0 aromatic heterocycles. The summed E-state index contributed by atoms with van der Waals surface area (Å²) in [6.07, 6.45) is -0.995. The standard InChI is InChI=1S/C2H5NO2.3K/c1-3-2(4)5;;;/h3H,1H3,(H,4,5);;;. The second-order valence-electron chi connectivity index (χ2n) is 0.555.